The Hall–Kier alpha value is -2.21. The number of halogens is 1. The molecule has 1 amide bonds. The number of fused-ring (bicyclic) bond motifs is 1. The van der Waals surface area contributed by atoms with Gasteiger partial charge in [-0.15, -0.1) is 0 Å². The summed E-state index contributed by atoms with van der Waals surface area (Å²) in [6.07, 6.45) is -0.869. The molecule has 0 radical (unpaired) electrons. The average Bonchev–Trinajstić information content (AvgIpc) is 2.81. The molecule has 0 unspecified atom stereocenters. The van der Waals surface area contributed by atoms with Crippen molar-refractivity contribution < 1.29 is 14.3 Å². The zero-order chi connectivity index (χ0) is 12.7. The number of carbonyl (C=O) groups excluding carboxylic acids is 1. The predicted octanol–water partition coefficient (Wildman–Crippen LogP) is 0.923. The molecule has 1 aliphatic rings. The Morgan fingerprint density at radius 1 is 1.39 bits per heavy atom. The van der Waals surface area contributed by atoms with Crippen LogP contribution in [0.15, 0.2) is 30.3 Å². The van der Waals surface area contributed by atoms with Gasteiger partial charge >= 0.3 is 0 Å². The summed E-state index contributed by atoms with van der Waals surface area (Å²) in [5, 5.41) is 16.4. The van der Waals surface area contributed by atoms with E-state index in [1.165, 1.54) is 16.8 Å². The minimum absolute atomic E-state index is 0.135. The molecule has 92 valence electrons. The van der Waals surface area contributed by atoms with E-state index in [2.05, 4.69) is 10.4 Å². The molecule has 1 atom stereocenters. The summed E-state index contributed by atoms with van der Waals surface area (Å²) < 4.78 is 14.1. The van der Waals surface area contributed by atoms with Crippen LogP contribution in [0.3, 0.4) is 0 Å². The number of aliphatic hydroxyl groups is 1. The second kappa shape index (κ2) is 3.92. The maximum absolute atomic E-state index is 12.8. The van der Waals surface area contributed by atoms with Gasteiger partial charge in [-0.3, -0.25) is 4.79 Å². The van der Waals surface area contributed by atoms with Gasteiger partial charge in [-0.25, -0.2) is 9.07 Å². The fraction of sp³-hybridized carbons (Fsp3) is 0.167. The van der Waals surface area contributed by atoms with Gasteiger partial charge < -0.3 is 10.4 Å². The first-order chi connectivity index (χ1) is 8.65. The zero-order valence-corrected chi connectivity index (χ0v) is 9.30. The summed E-state index contributed by atoms with van der Waals surface area (Å²) in [5.41, 5.74) is 1.52. The van der Waals surface area contributed by atoms with Crippen LogP contribution < -0.4 is 5.32 Å². The van der Waals surface area contributed by atoms with Gasteiger partial charge in [0.1, 0.15) is 11.5 Å². The largest absolute Gasteiger partial charge is 0.370 e. The molecule has 0 aliphatic carbocycles. The van der Waals surface area contributed by atoms with Crippen molar-refractivity contribution in [3.63, 3.8) is 0 Å². The molecule has 1 aromatic heterocycles. The van der Waals surface area contributed by atoms with Crippen LogP contribution in [0.25, 0.3) is 11.3 Å². The zero-order valence-electron chi connectivity index (χ0n) is 9.30. The number of hydrogen-bond donors (Lipinski definition) is 2. The van der Waals surface area contributed by atoms with Gasteiger partial charge in [0.15, 0.2) is 6.23 Å². The summed E-state index contributed by atoms with van der Waals surface area (Å²) in [5.74, 6) is -0.610. The highest BCUT2D eigenvalue weighted by Crippen LogP contribution is 2.22. The normalized spacial score (nSPS) is 18.3. The number of hydrogen-bond acceptors (Lipinski definition) is 3. The third kappa shape index (κ3) is 1.67. The van der Waals surface area contributed by atoms with Gasteiger partial charge in [0.2, 0.25) is 0 Å². The number of benzene rings is 1. The van der Waals surface area contributed by atoms with Gasteiger partial charge in [-0.2, -0.15) is 5.10 Å². The van der Waals surface area contributed by atoms with Crippen LogP contribution in [0.2, 0.25) is 0 Å². The van der Waals surface area contributed by atoms with Crippen LogP contribution in [-0.4, -0.2) is 27.3 Å². The second-order valence-electron chi connectivity index (χ2n) is 4.06. The first-order valence-corrected chi connectivity index (χ1v) is 5.47. The Bertz CT molecular complexity index is 606. The molecule has 2 N–H and O–H groups in total. The lowest BCUT2D eigenvalue weighted by Crippen LogP contribution is -2.39. The van der Waals surface area contributed by atoms with Crippen molar-refractivity contribution in [2.45, 2.75) is 6.23 Å². The molecule has 2 aromatic rings. The molecule has 0 bridgehead atoms. The molecule has 3 rings (SSSR count). The molecule has 1 aliphatic heterocycles. The Morgan fingerprint density at radius 3 is 2.78 bits per heavy atom. The van der Waals surface area contributed by atoms with E-state index in [0.717, 1.165) is 0 Å². The smallest absolute Gasteiger partial charge is 0.269 e. The van der Waals surface area contributed by atoms with Crippen LogP contribution >= 0.6 is 0 Å². The maximum Gasteiger partial charge on any atom is 0.269 e. The highest BCUT2D eigenvalue weighted by molar-refractivity contribution is 5.94. The highest BCUT2D eigenvalue weighted by atomic mass is 19.1. The lowest BCUT2D eigenvalue weighted by Gasteiger charge is -2.19. The quantitative estimate of drug-likeness (QED) is 0.787. The van der Waals surface area contributed by atoms with Crippen LogP contribution in [0.4, 0.5) is 4.39 Å². The third-order valence-electron chi connectivity index (χ3n) is 2.84. The molecule has 0 saturated carbocycles. The van der Waals surface area contributed by atoms with Crippen LogP contribution in [-0.2, 0) is 0 Å². The van der Waals surface area contributed by atoms with Crippen molar-refractivity contribution in [2.24, 2.45) is 0 Å². The number of amides is 1. The summed E-state index contributed by atoms with van der Waals surface area (Å²) in [7, 11) is 0. The van der Waals surface area contributed by atoms with Crippen molar-refractivity contribution in [1.29, 1.82) is 0 Å². The van der Waals surface area contributed by atoms with Crippen molar-refractivity contribution in [2.75, 3.05) is 6.54 Å². The van der Waals surface area contributed by atoms with Gasteiger partial charge in [0, 0.05) is 5.56 Å². The van der Waals surface area contributed by atoms with E-state index in [-0.39, 0.29) is 18.3 Å². The molecule has 0 saturated heterocycles. The molecule has 18 heavy (non-hydrogen) atoms. The average molecular weight is 247 g/mol. The van der Waals surface area contributed by atoms with Crippen molar-refractivity contribution >= 4 is 5.91 Å². The highest BCUT2D eigenvalue weighted by Gasteiger charge is 2.25. The molecule has 6 heteroatoms. The molecular formula is C12H10FN3O2. The van der Waals surface area contributed by atoms with E-state index in [9.17, 15) is 14.3 Å². The van der Waals surface area contributed by atoms with E-state index in [1.54, 1.807) is 18.2 Å². The minimum Gasteiger partial charge on any atom is -0.370 e. The summed E-state index contributed by atoms with van der Waals surface area (Å²) in [4.78, 5) is 11.6. The molecule has 1 aromatic carbocycles. The van der Waals surface area contributed by atoms with Crippen LogP contribution in [0.5, 0.6) is 0 Å². The monoisotopic (exact) mass is 247 g/mol. The number of nitrogens with zero attached hydrogens (tertiary/aromatic N) is 2. The van der Waals surface area contributed by atoms with E-state index >= 15 is 0 Å². The molecule has 2 heterocycles. The number of carbonyl (C=O) groups is 1. The first kappa shape index (κ1) is 10.9. The van der Waals surface area contributed by atoms with E-state index < -0.39 is 6.23 Å². The van der Waals surface area contributed by atoms with Gasteiger partial charge in [-0.05, 0) is 30.3 Å². The number of rotatable bonds is 1. The van der Waals surface area contributed by atoms with Crippen molar-refractivity contribution in [3.05, 3.63) is 41.8 Å². The van der Waals surface area contributed by atoms with Gasteiger partial charge in [0.05, 0.1) is 12.2 Å². The number of aliphatic hydroxyl groups excluding tert-OH is 1. The summed E-state index contributed by atoms with van der Waals surface area (Å²) >= 11 is 0. The SMILES string of the molecule is O=C1NC[C@@H](O)n2nc(-c3ccc(F)cc3)cc21. The lowest BCUT2D eigenvalue weighted by molar-refractivity contribution is 0.0594. The molecule has 0 spiro atoms. The predicted molar refractivity (Wildman–Crippen MR) is 61.2 cm³/mol. The van der Waals surface area contributed by atoms with E-state index in [1.807, 2.05) is 0 Å². The van der Waals surface area contributed by atoms with Crippen molar-refractivity contribution in [1.82, 2.24) is 15.1 Å². The Kier molecular flexibility index (Phi) is 2.38. The van der Waals surface area contributed by atoms with Gasteiger partial charge in [-0.1, -0.05) is 0 Å². The third-order valence-corrected chi connectivity index (χ3v) is 2.84. The lowest BCUT2D eigenvalue weighted by atomic mass is 10.1. The Balaban J connectivity index is 2.07. The molecule has 0 fully saturated rings. The first-order valence-electron chi connectivity index (χ1n) is 5.47. The molecular weight excluding hydrogens is 237 g/mol. The number of aromatic nitrogens is 2. The van der Waals surface area contributed by atoms with Crippen LogP contribution in [0, 0.1) is 5.82 Å². The second-order valence-corrected chi connectivity index (χ2v) is 4.06. The minimum atomic E-state index is -0.869. The fourth-order valence-electron chi connectivity index (χ4n) is 1.91. The fourth-order valence-corrected chi connectivity index (χ4v) is 1.91. The van der Waals surface area contributed by atoms with E-state index in [4.69, 9.17) is 0 Å². The standard InChI is InChI=1S/C12H10FN3O2/c13-8-3-1-7(2-4-8)9-5-10-12(18)14-6-11(17)16(10)15-9/h1-5,11,17H,6H2,(H,14,18)/t11-/m1/s1. The van der Waals surface area contributed by atoms with E-state index in [0.29, 0.717) is 17.0 Å². The Labute approximate surface area is 102 Å². The number of nitrogens with one attached hydrogen (secondary N) is 1. The van der Waals surface area contributed by atoms with Crippen molar-refractivity contribution in [3.8, 4) is 11.3 Å². The maximum atomic E-state index is 12.8. The number of β-amino-alcohol motifs (C(OH)–C–C–N with tert-alkyl or cyclic N) is 1. The summed E-state index contributed by atoms with van der Waals surface area (Å²) in [6, 6.07) is 7.38. The topological polar surface area (TPSA) is 67.2 Å². The Morgan fingerprint density at radius 2 is 2.11 bits per heavy atom. The van der Waals surface area contributed by atoms with Gasteiger partial charge in [0.25, 0.3) is 5.91 Å². The van der Waals surface area contributed by atoms with Crippen LogP contribution in [0.1, 0.15) is 16.7 Å². The molecule has 5 nitrogen and oxygen atoms in total. The summed E-state index contributed by atoms with van der Waals surface area (Å²) in [6.45, 7) is 0.135.